The minimum Gasteiger partial charge on any atom is -0.508 e. The summed E-state index contributed by atoms with van der Waals surface area (Å²) in [5.41, 5.74) is 7.95. The highest BCUT2D eigenvalue weighted by Crippen LogP contribution is 2.39. The second kappa shape index (κ2) is 5.29. The van der Waals surface area contributed by atoms with Gasteiger partial charge in [-0.3, -0.25) is 0 Å². The molecule has 0 radical (unpaired) electrons. The average molecular weight is 265 g/mol. The van der Waals surface area contributed by atoms with Crippen LogP contribution in [0, 0.1) is 0 Å². The van der Waals surface area contributed by atoms with Crippen molar-refractivity contribution in [3.63, 3.8) is 0 Å². The average Bonchev–Trinajstić information content (AvgIpc) is 2.90. The molecule has 5 heteroatoms. The van der Waals surface area contributed by atoms with Gasteiger partial charge in [-0.1, -0.05) is 0 Å². The van der Waals surface area contributed by atoms with Gasteiger partial charge in [-0.15, -0.1) is 0 Å². The van der Waals surface area contributed by atoms with Gasteiger partial charge in [0.25, 0.3) is 0 Å². The van der Waals surface area contributed by atoms with Crippen LogP contribution >= 0.6 is 11.3 Å². The van der Waals surface area contributed by atoms with Gasteiger partial charge < -0.3 is 20.3 Å². The van der Waals surface area contributed by atoms with Crippen molar-refractivity contribution in [3.8, 4) is 17.2 Å². The zero-order valence-electron chi connectivity index (χ0n) is 10.2. The Morgan fingerprint density at radius 2 is 1.83 bits per heavy atom. The number of phenols is 1. The highest BCUT2D eigenvalue weighted by atomic mass is 32.1. The Morgan fingerprint density at radius 1 is 1.22 bits per heavy atom. The lowest BCUT2D eigenvalue weighted by atomic mass is 10.00. The summed E-state index contributed by atoms with van der Waals surface area (Å²) in [7, 11) is 3.08. The van der Waals surface area contributed by atoms with Gasteiger partial charge in [0.05, 0.1) is 25.8 Å². The maximum atomic E-state index is 9.59. The third-order valence-corrected chi connectivity index (χ3v) is 3.44. The predicted molar refractivity (Wildman–Crippen MR) is 71.6 cm³/mol. The number of phenolic OH excluding ortho intramolecular Hbond substituents is 1. The Hall–Kier alpha value is -1.72. The number of rotatable bonds is 4. The Bertz CT molecular complexity index is 500. The number of hydrogen-bond acceptors (Lipinski definition) is 5. The van der Waals surface area contributed by atoms with Crippen molar-refractivity contribution in [2.24, 2.45) is 5.73 Å². The van der Waals surface area contributed by atoms with Crippen LogP contribution in [0.15, 0.2) is 29.0 Å². The minimum atomic E-state index is -0.346. The molecule has 0 saturated carbocycles. The van der Waals surface area contributed by atoms with Crippen molar-refractivity contribution in [3.05, 3.63) is 40.1 Å². The molecule has 2 aromatic rings. The number of nitrogens with two attached hydrogens (primary N) is 1. The number of benzene rings is 1. The smallest absolute Gasteiger partial charge is 0.131 e. The topological polar surface area (TPSA) is 64.7 Å². The fourth-order valence-electron chi connectivity index (χ4n) is 1.85. The Balaban J connectivity index is 2.54. The van der Waals surface area contributed by atoms with Gasteiger partial charge in [0, 0.05) is 12.1 Å². The van der Waals surface area contributed by atoms with Crippen LogP contribution in [0.5, 0.6) is 17.2 Å². The zero-order valence-corrected chi connectivity index (χ0v) is 11.0. The summed E-state index contributed by atoms with van der Waals surface area (Å²) < 4.78 is 10.5. The van der Waals surface area contributed by atoms with Gasteiger partial charge in [0.2, 0.25) is 0 Å². The summed E-state index contributed by atoms with van der Waals surface area (Å²) >= 11 is 1.58. The highest BCUT2D eigenvalue weighted by molar-refractivity contribution is 7.08. The Morgan fingerprint density at radius 3 is 2.28 bits per heavy atom. The van der Waals surface area contributed by atoms with Crippen molar-refractivity contribution in [1.82, 2.24) is 0 Å². The van der Waals surface area contributed by atoms with Crippen molar-refractivity contribution in [1.29, 1.82) is 0 Å². The Labute approximate surface area is 110 Å². The number of aromatic hydroxyl groups is 1. The molecule has 0 aliphatic rings. The Kier molecular flexibility index (Phi) is 3.74. The molecular weight excluding hydrogens is 250 g/mol. The first-order valence-electron chi connectivity index (χ1n) is 5.40. The van der Waals surface area contributed by atoms with Crippen LogP contribution < -0.4 is 15.2 Å². The molecule has 0 fully saturated rings. The second-order valence-corrected chi connectivity index (χ2v) is 4.58. The zero-order chi connectivity index (χ0) is 13.1. The molecule has 0 bridgehead atoms. The largest absolute Gasteiger partial charge is 0.508 e. The van der Waals surface area contributed by atoms with E-state index in [1.165, 1.54) is 26.4 Å². The van der Waals surface area contributed by atoms with E-state index in [-0.39, 0.29) is 11.8 Å². The van der Waals surface area contributed by atoms with Crippen molar-refractivity contribution < 1.29 is 14.6 Å². The van der Waals surface area contributed by atoms with Crippen LogP contribution in [0.3, 0.4) is 0 Å². The molecule has 0 amide bonds. The van der Waals surface area contributed by atoms with Crippen LogP contribution in [0.4, 0.5) is 0 Å². The molecule has 0 unspecified atom stereocenters. The summed E-state index contributed by atoms with van der Waals surface area (Å²) in [5, 5.41) is 13.5. The molecule has 1 aromatic heterocycles. The molecular formula is C13H15NO3S. The number of methoxy groups -OCH3 is 2. The van der Waals surface area contributed by atoms with Crippen molar-refractivity contribution in [2.45, 2.75) is 6.04 Å². The molecule has 0 aliphatic heterocycles. The van der Waals surface area contributed by atoms with Gasteiger partial charge in [0.15, 0.2) is 0 Å². The summed E-state index contributed by atoms with van der Waals surface area (Å²) in [6.45, 7) is 0. The number of hydrogen-bond donors (Lipinski definition) is 2. The SMILES string of the molecule is COc1cc(O)cc(OC)c1[C@H](N)c1ccsc1. The molecule has 1 heterocycles. The standard InChI is InChI=1S/C13H15NO3S/c1-16-10-5-9(15)6-11(17-2)12(10)13(14)8-3-4-18-7-8/h3-7,13,15H,14H2,1-2H3/t13-/m1/s1. The first-order valence-corrected chi connectivity index (χ1v) is 6.34. The van der Waals surface area contributed by atoms with Gasteiger partial charge in [-0.05, 0) is 22.4 Å². The molecule has 4 nitrogen and oxygen atoms in total. The minimum absolute atomic E-state index is 0.0879. The normalized spacial score (nSPS) is 12.2. The van der Waals surface area contributed by atoms with Crippen LogP contribution in [-0.4, -0.2) is 19.3 Å². The van der Waals surface area contributed by atoms with E-state index in [9.17, 15) is 5.11 Å². The van der Waals surface area contributed by atoms with Crippen LogP contribution in [0.25, 0.3) is 0 Å². The van der Waals surface area contributed by atoms with E-state index in [0.717, 1.165) is 11.1 Å². The predicted octanol–water partition coefficient (Wildman–Crippen LogP) is 2.52. The molecule has 1 aromatic carbocycles. The van der Waals surface area contributed by atoms with Gasteiger partial charge >= 0.3 is 0 Å². The van der Waals surface area contributed by atoms with E-state index < -0.39 is 0 Å². The van der Waals surface area contributed by atoms with E-state index in [1.54, 1.807) is 11.3 Å². The lowest BCUT2D eigenvalue weighted by molar-refractivity contribution is 0.374. The molecule has 0 aliphatic carbocycles. The van der Waals surface area contributed by atoms with Crippen molar-refractivity contribution >= 4 is 11.3 Å². The maximum absolute atomic E-state index is 9.59. The molecule has 1 atom stereocenters. The monoisotopic (exact) mass is 265 g/mol. The molecule has 0 saturated heterocycles. The quantitative estimate of drug-likeness (QED) is 0.891. The van der Waals surface area contributed by atoms with Crippen molar-refractivity contribution in [2.75, 3.05) is 14.2 Å². The molecule has 0 spiro atoms. The van der Waals surface area contributed by atoms with E-state index in [4.69, 9.17) is 15.2 Å². The summed E-state index contributed by atoms with van der Waals surface area (Å²) in [4.78, 5) is 0. The number of thiophene rings is 1. The van der Waals surface area contributed by atoms with Gasteiger partial charge in [0.1, 0.15) is 17.2 Å². The van der Waals surface area contributed by atoms with E-state index >= 15 is 0 Å². The fourth-order valence-corrected chi connectivity index (χ4v) is 2.55. The van der Waals surface area contributed by atoms with E-state index in [0.29, 0.717) is 11.5 Å². The lowest BCUT2D eigenvalue weighted by Crippen LogP contribution is -2.13. The number of ether oxygens (including phenoxy) is 2. The molecule has 3 N–H and O–H groups in total. The second-order valence-electron chi connectivity index (χ2n) is 3.80. The van der Waals surface area contributed by atoms with Crippen LogP contribution in [0.2, 0.25) is 0 Å². The summed E-state index contributed by atoms with van der Waals surface area (Å²) in [5.74, 6) is 1.13. The molecule has 18 heavy (non-hydrogen) atoms. The summed E-state index contributed by atoms with van der Waals surface area (Å²) in [6.07, 6.45) is 0. The lowest BCUT2D eigenvalue weighted by Gasteiger charge is -2.18. The third kappa shape index (κ3) is 2.27. The molecule has 2 rings (SSSR count). The first-order chi connectivity index (χ1) is 8.67. The fraction of sp³-hybridized carbons (Fsp3) is 0.231. The maximum Gasteiger partial charge on any atom is 0.131 e. The third-order valence-electron chi connectivity index (χ3n) is 2.74. The van der Waals surface area contributed by atoms with Crippen LogP contribution in [0.1, 0.15) is 17.2 Å². The van der Waals surface area contributed by atoms with Gasteiger partial charge in [-0.25, -0.2) is 0 Å². The van der Waals surface area contributed by atoms with E-state index in [1.807, 2.05) is 16.8 Å². The van der Waals surface area contributed by atoms with Crippen LogP contribution in [-0.2, 0) is 0 Å². The first kappa shape index (κ1) is 12.7. The van der Waals surface area contributed by atoms with Gasteiger partial charge in [-0.2, -0.15) is 11.3 Å². The summed E-state index contributed by atoms with van der Waals surface area (Å²) in [6, 6.07) is 4.68. The molecule has 96 valence electrons. The van der Waals surface area contributed by atoms with E-state index in [2.05, 4.69) is 0 Å². The highest BCUT2D eigenvalue weighted by Gasteiger charge is 2.20.